The molecule has 0 radical (unpaired) electrons. The van der Waals surface area contributed by atoms with Crippen LogP contribution < -0.4 is 10.3 Å². The molecular weight excluding hydrogens is 382 g/mol. The van der Waals surface area contributed by atoms with E-state index in [2.05, 4.69) is 9.97 Å². The first-order valence-electron chi connectivity index (χ1n) is 9.75. The molecule has 0 fully saturated rings. The number of aryl methyl sites for hydroxylation is 1. The zero-order chi connectivity index (χ0) is 21.4. The molecule has 7 heteroatoms. The number of benzene rings is 2. The molecule has 0 saturated carbocycles. The summed E-state index contributed by atoms with van der Waals surface area (Å²) in [6, 6.07) is 12.4. The zero-order valence-electron chi connectivity index (χ0n) is 17.4. The average molecular weight is 405 g/mol. The van der Waals surface area contributed by atoms with Gasteiger partial charge in [0.1, 0.15) is 17.2 Å². The zero-order valence-corrected chi connectivity index (χ0v) is 17.4. The average Bonchev–Trinajstić information content (AvgIpc) is 3.07. The third-order valence-corrected chi connectivity index (χ3v) is 5.20. The first-order chi connectivity index (χ1) is 14.4. The Balaban J connectivity index is 1.71. The van der Waals surface area contributed by atoms with Gasteiger partial charge in [-0.15, -0.1) is 0 Å². The van der Waals surface area contributed by atoms with Crippen molar-refractivity contribution in [1.29, 1.82) is 0 Å². The van der Waals surface area contributed by atoms with E-state index in [-0.39, 0.29) is 29.8 Å². The van der Waals surface area contributed by atoms with Crippen molar-refractivity contribution in [2.24, 2.45) is 0 Å². The second-order valence-corrected chi connectivity index (χ2v) is 7.47. The van der Waals surface area contributed by atoms with Crippen molar-refractivity contribution in [1.82, 2.24) is 14.9 Å². The minimum Gasteiger partial charge on any atom is -0.497 e. The summed E-state index contributed by atoms with van der Waals surface area (Å²) < 4.78 is 11.2. The van der Waals surface area contributed by atoms with Gasteiger partial charge in [-0.1, -0.05) is 12.1 Å². The molecule has 0 spiro atoms. The van der Waals surface area contributed by atoms with Crippen molar-refractivity contribution in [2.45, 2.75) is 33.4 Å². The molecule has 2 heterocycles. The number of methoxy groups -OCH3 is 1. The summed E-state index contributed by atoms with van der Waals surface area (Å²) in [6.45, 7) is 5.85. The summed E-state index contributed by atoms with van der Waals surface area (Å²) in [5.74, 6) is 1.14. The minimum absolute atomic E-state index is 0.128. The van der Waals surface area contributed by atoms with Gasteiger partial charge in [-0.25, -0.2) is 4.98 Å². The van der Waals surface area contributed by atoms with E-state index < -0.39 is 0 Å². The van der Waals surface area contributed by atoms with Crippen molar-refractivity contribution in [3.8, 4) is 5.75 Å². The fourth-order valence-corrected chi connectivity index (χ4v) is 3.52. The lowest BCUT2D eigenvalue weighted by atomic mass is 10.1. The lowest BCUT2D eigenvalue weighted by Gasteiger charge is -2.25. The molecule has 0 aliphatic heterocycles. The van der Waals surface area contributed by atoms with Crippen molar-refractivity contribution in [3.05, 3.63) is 70.0 Å². The number of H-pyrrole nitrogens is 1. The van der Waals surface area contributed by atoms with Gasteiger partial charge < -0.3 is 19.0 Å². The van der Waals surface area contributed by atoms with Crippen LogP contribution >= 0.6 is 0 Å². The SMILES string of the molecule is COc1ccc2oc(C(=O)N(Cc3nc4ccccc4c(=O)[nH]3)C(C)C)c(C)c2c1. The van der Waals surface area contributed by atoms with Crippen LogP contribution in [0.1, 0.15) is 35.8 Å². The summed E-state index contributed by atoms with van der Waals surface area (Å²) in [6.07, 6.45) is 0. The number of rotatable bonds is 5. The van der Waals surface area contributed by atoms with E-state index in [0.29, 0.717) is 28.1 Å². The number of nitrogens with zero attached hydrogens (tertiary/aromatic N) is 2. The van der Waals surface area contributed by atoms with Crippen molar-refractivity contribution >= 4 is 27.8 Å². The molecule has 0 unspecified atom stereocenters. The molecule has 30 heavy (non-hydrogen) atoms. The molecule has 0 atom stereocenters. The van der Waals surface area contributed by atoms with Gasteiger partial charge in [-0.05, 0) is 51.1 Å². The molecule has 154 valence electrons. The molecule has 1 N–H and O–H groups in total. The smallest absolute Gasteiger partial charge is 0.290 e. The highest BCUT2D eigenvalue weighted by Gasteiger charge is 2.26. The number of ether oxygens (including phenoxy) is 1. The first kappa shape index (κ1) is 19.7. The fourth-order valence-electron chi connectivity index (χ4n) is 3.52. The molecule has 0 saturated heterocycles. The molecule has 7 nitrogen and oxygen atoms in total. The molecule has 0 aliphatic carbocycles. The quantitative estimate of drug-likeness (QED) is 0.541. The van der Waals surface area contributed by atoms with Gasteiger partial charge in [0.05, 0.1) is 24.6 Å². The summed E-state index contributed by atoms with van der Waals surface area (Å²) in [5.41, 5.74) is 1.75. The Labute approximate surface area is 173 Å². The van der Waals surface area contributed by atoms with Crippen molar-refractivity contribution in [3.63, 3.8) is 0 Å². The second-order valence-electron chi connectivity index (χ2n) is 7.47. The highest BCUT2D eigenvalue weighted by molar-refractivity contribution is 5.99. The number of hydrogen-bond acceptors (Lipinski definition) is 5. The van der Waals surface area contributed by atoms with Crippen LogP contribution in [0.15, 0.2) is 51.7 Å². The molecule has 4 aromatic rings. The van der Waals surface area contributed by atoms with Gasteiger partial charge in [0.2, 0.25) is 0 Å². The third kappa shape index (κ3) is 3.43. The molecule has 4 rings (SSSR count). The standard InChI is InChI=1S/C23H23N3O4/c1-13(2)26(12-20-24-18-8-6-5-7-16(18)22(27)25-20)23(28)21-14(3)17-11-15(29-4)9-10-19(17)30-21/h5-11,13H,12H2,1-4H3,(H,24,25,27). The maximum absolute atomic E-state index is 13.4. The van der Waals surface area contributed by atoms with E-state index in [9.17, 15) is 9.59 Å². The topological polar surface area (TPSA) is 88.4 Å². The lowest BCUT2D eigenvalue weighted by Crippen LogP contribution is -2.37. The van der Waals surface area contributed by atoms with Crippen LogP contribution in [-0.4, -0.2) is 33.9 Å². The van der Waals surface area contributed by atoms with Crippen LogP contribution in [0, 0.1) is 6.92 Å². The molecule has 1 amide bonds. The van der Waals surface area contributed by atoms with Gasteiger partial charge in [-0.3, -0.25) is 9.59 Å². The molecule has 0 aliphatic rings. The summed E-state index contributed by atoms with van der Waals surface area (Å²) in [7, 11) is 1.60. The van der Waals surface area contributed by atoms with Gasteiger partial charge >= 0.3 is 0 Å². The van der Waals surface area contributed by atoms with Crippen molar-refractivity contribution in [2.75, 3.05) is 7.11 Å². The molecule has 0 bridgehead atoms. The Hall–Kier alpha value is -3.61. The Kier molecular flexibility index (Phi) is 5.03. The van der Waals surface area contributed by atoms with E-state index in [1.165, 1.54) is 0 Å². The van der Waals surface area contributed by atoms with E-state index in [0.717, 1.165) is 10.9 Å². The minimum atomic E-state index is -0.256. The summed E-state index contributed by atoms with van der Waals surface area (Å²) in [4.78, 5) is 34.7. The van der Waals surface area contributed by atoms with Crippen LogP contribution in [0.2, 0.25) is 0 Å². The molecular formula is C23H23N3O4. The van der Waals surface area contributed by atoms with Crippen molar-refractivity contribution < 1.29 is 13.9 Å². The number of amides is 1. The van der Waals surface area contributed by atoms with Gasteiger partial charge in [0.15, 0.2) is 5.76 Å². The van der Waals surface area contributed by atoms with E-state index in [1.807, 2.05) is 32.9 Å². The maximum Gasteiger partial charge on any atom is 0.290 e. The van der Waals surface area contributed by atoms with E-state index >= 15 is 0 Å². The van der Waals surface area contributed by atoms with Crippen LogP contribution in [0.5, 0.6) is 5.75 Å². The Morgan fingerprint density at radius 2 is 1.97 bits per heavy atom. The number of fused-ring (bicyclic) bond motifs is 2. The third-order valence-electron chi connectivity index (χ3n) is 5.20. The Morgan fingerprint density at radius 1 is 1.20 bits per heavy atom. The predicted molar refractivity (Wildman–Crippen MR) is 115 cm³/mol. The lowest BCUT2D eigenvalue weighted by molar-refractivity contribution is 0.0653. The highest BCUT2D eigenvalue weighted by atomic mass is 16.5. The fraction of sp³-hybridized carbons (Fsp3) is 0.261. The number of nitrogens with one attached hydrogen (secondary N) is 1. The van der Waals surface area contributed by atoms with Gasteiger partial charge in [0.25, 0.3) is 11.5 Å². The monoisotopic (exact) mass is 405 g/mol. The Morgan fingerprint density at radius 3 is 2.70 bits per heavy atom. The van der Waals surface area contributed by atoms with Gasteiger partial charge in [0, 0.05) is 17.0 Å². The number of carbonyl (C=O) groups is 1. The largest absolute Gasteiger partial charge is 0.497 e. The molecule has 2 aromatic carbocycles. The normalized spacial score (nSPS) is 11.4. The van der Waals surface area contributed by atoms with Crippen LogP contribution in [0.25, 0.3) is 21.9 Å². The van der Waals surface area contributed by atoms with Crippen LogP contribution in [0.3, 0.4) is 0 Å². The van der Waals surface area contributed by atoms with Gasteiger partial charge in [-0.2, -0.15) is 0 Å². The highest BCUT2D eigenvalue weighted by Crippen LogP contribution is 2.30. The first-order valence-corrected chi connectivity index (χ1v) is 9.75. The number of hydrogen-bond donors (Lipinski definition) is 1. The van der Waals surface area contributed by atoms with Crippen LogP contribution in [-0.2, 0) is 6.54 Å². The number of furan rings is 1. The Bertz CT molecular complexity index is 1300. The van der Waals surface area contributed by atoms with E-state index in [4.69, 9.17) is 9.15 Å². The number of aromatic amines is 1. The predicted octanol–water partition coefficient (Wildman–Crippen LogP) is 4.04. The maximum atomic E-state index is 13.4. The van der Waals surface area contributed by atoms with Crippen LogP contribution in [0.4, 0.5) is 0 Å². The number of aromatic nitrogens is 2. The number of para-hydroxylation sites is 1. The molecule has 2 aromatic heterocycles. The number of carbonyl (C=O) groups excluding carboxylic acids is 1. The van der Waals surface area contributed by atoms with E-state index in [1.54, 1.807) is 42.3 Å². The summed E-state index contributed by atoms with van der Waals surface area (Å²) >= 11 is 0. The summed E-state index contributed by atoms with van der Waals surface area (Å²) in [5, 5.41) is 1.35. The second kappa shape index (κ2) is 7.67.